The first kappa shape index (κ1) is 22.9. The van der Waals surface area contributed by atoms with Gasteiger partial charge in [-0.25, -0.2) is 4.98 Å². The van der Waals surface area contributed by atoms with Crippen molar-refractivity contribution in [2.24, 2.45) is 0 Å². The molecule has 0 aliphatic rings. The zero-order chi connectivity index (χ0) is 24.1. The Kier molecular flexibility index (Phi) is 6.82. The molecule has 0 fully saturated rings. The van der Waals surface area contributed by atoms with E-state index in [9.17, 15) is 14.4 Å². The van der Waals surface area contributed by atoms with E-state index in [2.05, 4.69) is 15.6 Å². The van der Waals surface area contributed by atoms with E-state index in [-0.39, 0.29) is 17.5 Å². The molecule has 0 saturated heterocycles. The van der Waals surface area contributed by atoms with Crippen LogP contribution < -0.4 is 16.2 Å². The van der Waals surface area contributed by atoms with Crippen molar-refractivity contribution in [1.82, 2.24) is 9.55 Å². The van der Waals surface area contributed by atoms with Gasteiger partial charge in [0.1, 0.15) is 11.7 Å². The first-order valence-corrected chi connectivity index (χ1v) is 11.3. The predicted octanol–water partition coefficient (Wildman–Crippen LogP) is 5.00. The van der Waals surface area contributed by atoms with Crippen molar-refractivity contribution in [3.05, 3.63) is 89.2 Å². The van der Waals surface area contributed by atoms with Gasteiger partial charge in [-0.3, -0.25) is 19.0 Å². The molecule has 34 heavy (non-hydrogen) atoms. The summed E-state index contributed by atoms with van der Waals surface area (Å²) in [5.41, 5.74) is 2.60. The topological polar surface area (TPSA) is 93.1 Å². The van der Waals surface area contributed by atoms with E-state index in [1.807, 2.05) is 43.3 Å². The lowest BCUT2D eigenvalue weighted by Crippen LogP contribution is -2.34. The Balaban J connectivity index is 1.89. The molecule has 172 valence electrons. The average molecular weight is 455 g/mol. The van der Waals surface area contributed by atoms with Gasteiger partial charge in [0, 0.05) is 17.7 Å². The van der Waals surface area contributed by atoms with Crippen LogP contribution in [0.25, 0.3) is 22.3 Å². The molecule has 2 amide bonds. The number of hydrogen-bond donors (Lipinski definition) is 2. The largest absolute Gasteiger partial charge is 0.325 e. The number of para-hydroxylation sites is 4. The Bertz CT molecular complexity index is 1400. The summed E-state index contributed by atoms with van der Waals surface area (Å²) in [4.78, 5) is 43.9. The van der Waals surface area contributed by atoms with Gasteiger partial charge < -0.3 is 10.6 Å². The van der Waals surface area contributed by atoms with Crippen LogP contribution in [0.2, 0.25) is 0 Å². The molecule has 7 nitrogen and oxygen atoms in total. The van der Waals surface area contributed by atoms with Gasteiger partial charge in [0.2, 0.25) is 11.8 Å². The van der Waals surface area contributed by atoms with Gasteiger partial charge in [-0.1, -0.05) is 62.4 Å². The standard InChI is InChI=1S/C27H26N4O3/c1-3-22(26(33)28-18-12-6-5-7-13-18)31-23-17-11-10-16-21(23)30-25(27(31)34)19-14-8-9-15-20(19)29-24(32)4-2/h5-17,22H,3-4H2,1-2H3,(H,28,33)(H,29,32). The maximum atomic E-state index is 13.9. The van der Waals surface area contributed by atoms with Gasteiger partial charge in [-0.05, 0) is 36.8 Å². The number of nitrogens with one attached hydrogen (secondary N) is 2. The zero-order valence-corrected chi connectivity index (χ0v) is 19.1. The Hall–Kier alpha value is -4.26. The summed E-state index contributed by atoms with van der Waals surface area (Å²) >= 11 is 0. The van der Waals surface area contributed by atoms with Gasteiger partial charge in [0.25, 0.3) is 5.56 Å². The van der Waals surface area contributed by atoms with Crippen molar-refractivity contribution in [1.29, 1.82) is 0 Å². The van der Waals surface area contributed by atoms with Gasteiger partial charge in [-0.15, -0.1) is 0 Å². The highest BCUT2D eigenvalue weighted by molar-refractivity contribution is 5.96. The molecule has 0 bridgehead atoms. The Morgan fingerprint density at radius 3 is 2.29 bits per heavy atom. The van der Waals surface area contributed by atoms with Crippen LogP contribution in [-0.2, 0) is 9.59 Å². The third-order valence-corrected chi connectivity index (χ3v) is 5.61. The first-order chi connectivity index (χ1) is 16.5. The summed E-state index contributed by atoms with van der Waals surface area (Å²) in [6, 6.07) is 22.7. The summed E-state index contributed by atoms with van der Waals surface area (Å²) in [5, 5.41) is 5.76. The molecular weight excluding hydrogens is 428 g/mol. The summed E-state index contributed by atoms with van der Waals surface area (Å²) in [6.07, 6.45) is 0.710. The number of carbonyl (C=O) groups excluding carboxylic acids is 2. The molecule has 1 atom stereocenters. The third-order valence-electron chi connectivity index (χ3n) is 5.61. The number of aromatic nitrogens is 2. The lowest BCUT2D eigenvalue weighted by molar-refractivity contribution is -0.119. The van der Waals surface area contributed by atoms with Crippen LogP contribution in [0.3, 0.4) is 0 Å². The van der Waals surface area contributed by atoms with Crippen molar-refractivity contribution < 1.29 is 9.59 Å². The minimum atomic E-state index is -0.753. The smallest absolute Gasteiger partial charge is 0.278 e. The normalized spacial score (nSPS) is 11.7. The van der Waals surface area contributed by atoms with E-state index in [1.54, 1.807) is 49.4 Å². The second-order valence-corrected chi connectivity index (χ2v) is 7.85. The molecule has 1 heterocycles. The van der Waals surface area contributed by atoms with Crippen LogP contribution in [0, 0.1) is 0 Å². The molecule has 0 aliphatic heterocycles. The van der Waals surface area contributed by atoms with Crippen molar-refractivity contribution in [2.45, 2.75) is 32.7 Å². The first-order valence-electron chi connectivity index (χ1n) is 11.3. The monoisotopic (exact) mass is 454 g/mol. The number of rotatable bonds is 7. The molecule has 0 spiro atoms. The Morgan fingerprint density at radius 1 is 0.882 bits per heavy atom. The predicted molar refractivity (Wildman–Crippen MR) is 135 cm³/mol. The number of carbonyl (C=O) groups is 2. The number of nitrogens with zero attached hydrogens (tertiary/aromatic N) is 2. The molecule has 7 heteroatoms. The van der Waals surface area contributed by atoms with Crippen LogP contribution in [0.1, 0.15) is 32.7 Å². The van der Waals surface area contributed by atoms with Crippen molar-refractivity contribution in [3.63, 3.8) is 0 Å². The van der Waals surface area contributed by atoms with Gasteiger partial charge >= 0.3 is 0 Å². The second kappa shape index (κ2) is 10.1. The molecule has 0 radical (unpaired) electrons. The molecule has 1 unspecified atom stereocenters. The van der Waals surface area contributed by atoms with E-state index in [1.165, 1.54) is 4.57 Å². The molecule has 1 aromatic heterocycles. The minimum Gasteiger partial charge on any atom is -0.325 e. The fourth-order valence-electron chi connectivity index (χ4n) is 3.91. The lowest BCUT2D eigenvalue weighted by Gasteiger charge is -2.21. The number of amides is 2. The summed E-state index contributed by atoms with van der Waals surface area (Å²) in [7, 11) is 0. The van der Waals surface area contributed by atoms with Crippen LogP contribution in [0.5, 0.6) is 0 Å². The molecule has 4 rings (SSSR count). The van der Waals surface area contributed by atoms with Crippen LogP contribution in [0.15, 0.2) is 83.7 Å². The summed E-state index contributed by atoms with van der Waals surface area (Å²) < 4.78 is 1.51. The van der Waals surface area contributed by atoms with E-state index in [0.29, 0.717) is 40.8 Å². The SMILES string of the molecule is CCC(=O)Nc1ccccc1-c1nc2ccccc2n(C(CC)C(=O)Nc2ccccc2)c1=O. The minimum absolute atomic E-state index is 0.165. The van der Waals surface area contributed by atoms with Crippen molar-refractivity contribution in [2.75, 3.05) is 10.6 Å². The maximum absolute atomic E-state index is 13.9. The lowest BCUT2D eigenvalue weighted by atomic mass is 10.1. The average Bonchev–Trinajstić information content (AvgIpc) is 2.86. The summed E-state index contributed by atoms with van der Waals surface area (Å²) in [6.45, 7) is 3.63. The number of anilines is 2. The summed E-state index contributed by atoms with van der Waals surface area (Å²) in [5.74, 6) is -0.451. The van der Waals surface area contributed by atoms with Gasteiger partial charge in [0.15, 0.2) is 0 Å². The van der Waals surface area contributed by atoms with E-state index in [4.69, 9.17) is 0 Å². The Labute approximate surface area is 197 Å². The van der Waals surface area contributed by atoms with Crippen molar-refractivity contribution in [3.8, 4) is 11.3 Å². The highest BCUT2D eigenvalue weighted by atomic mass is 16.2. The number of benzene rings is 3. The van der Waals surface area contributed by atoms with E-state index >= 15 is 0 Å². The van der Waals surface area contributed by atoms with E-state index in [0.717, 1.165) is 0 Å². The fraction of sp³-hybridized carbons (Fsp3) is 0.185. The zero-order valence-electron chi connectivity index (χ0n) is 19.1. The van der Waals surface area contributed by atoms with Gasteiger partial charge in [0.05, 0.1) is 16.7 Å². The highest BCUT2D eigenvalue weighted by Crippen LogP contribution is 2.27. The molecule has 3 aromatic carbocycles. The second-order valence-electron chi connectivity index (χ2n) is 7.85. The third kappa shape index (κ3) is 4.59. The molecular formula is C27H26N4O3. The van der Waals surface area contributed by atoms with E-state index < -0.39 is 11.6 Å². The molecule has 0 aliphatic carbocycles. The molecule has 4 aromatic rings. The highest BCUT2D eigenvalue weighted by Gasteiger charge is 2.25. The molecule has 2 N–H and O–H groups in total. The number of hydrogen-bond acceptors (Lipinski definition) is 4. The van der Waals surface area contributed by atoms with Gasteiger partial charge in [-0.2, -0.15) is 0 Å². The van der Waals surface area contributed by atoms with Crippen LogP contribution in [-0.4, -0.2) is 21.4 Å². The van der Waals surface area contributed by atoms with Crippen LogP contribution >= 0.6 is 0 Å². The maximum Gasteiger partial charge on any atom is 0.278 e. The molecule has 0 saturated carbocycles. The quantitative estimate of drug-likeness (QED) is 0.411. The van der Waals surface area contributed by atoms with Crippen LogP contribution in [0.4, 0.5) is 11.4 Å². The van der Waals surface area contributed by atoms with Crippen molar-refractivity contribution >= 4 is 34.2 Å². The fourth-order valence-corrected chi connectivity index (χ4v) is 3.91. The Morgan fingerprint density at radius 2 is 1.56 bits per heavy atom. The number of fused-ring (bicyclic) bond motifs is 1.